The highest BCUT2D eigenvalue weighted by Crippen LogP contribution is 2.22. The second-order valence-corrected chi connectivity index (χ2v) is 5.69. The number of hydrogen-bond acceptors (Lipinski definition) is 4. The molecule has 3 rings (SSSR count). The summed E-state index contributed by atoms with van der Waals surface area (Å²) in [5, 5.41) is 11.9. The van der Waals surface area contributed by atoms with Crippen LogP contribution in [0, 0.1) is 0 Å². The molecular formula is C13H23N5. The van der Waals surface area contributed by atoms with Gasteiger partial charge in [-0.2, -0.15) is 0 Å². The molecule has 1 aromatic rings. The van der Waals surface area contributed by atoms with Crippen molar-refractivity contribution in [2.24, 2.45) is 7.05 Å². The first-order valence-electron chi connectivity index (χ1n) is 7.14. The molecule has 1 atom stereocenters. The van der Waals surface area contributed by atoms with Crippen molar-refractivity contribution in [3.63, 3.8) is 0 Å². The predicted molar refractivity (Wildman–Crippen MR) is 70.1 cm³/mol. The predicted octanol–water partition coefficient (Wildman–Crippen LogP) is 0.922. The normalized spacial score (nSPS) is 25.5. The molecule has 0 amide bonds. The van der Waals surface area contributed by atoms with Crippen LogP contribution < -0.4 is 5.32 Å². The van der Waals surface area contributed by atoms with Crippen LogP contribution in [0.3, 0.4) is 0 Å². The fourth-order valence-electron chi connectivity index (χ4n) is 2.77. The maximum atomic E-state index is 4.20. The molecule has 1 saturated heterocycles. The highest BCUT2D eigenvalue weighted by Gasteiger charge is 2.26. The van der Waals surface area contributed by atoms with E-state index < -0.39 is 0 Å². The van der Waals surface area contributed by atoms with Crippen molar-refractivity contribution in [3.05, 3.63) is 11.9 Å². The van der Waals surface area contributed by atoms with E-state index in [0.717, 1.165) is 24.8 Å². The van der Waals surface area contributed by atoms with Gasteiger partial charge in [0.2, 0.25) is 0 Å². The van der Waals surface area contributed by atoms with Gasteiger partial charge in [-0.3, -0.25) is 9.58 Å². The maximum Gasteiger partial charge on any atom is 0.0967 e. The second-order valence-electron chi connectivity index (χ2n) is 5.69. The lowest BCUT2D eigenvalue weighted by Gasteiger charge is -2.35. The molecule has 100 valence electrons. The van der Waals surface area contributed by atoms with Crippen molar-refractivity contribution in [1.29, 1.82) is 0 Å². The Bertz CT molecular complexity index is 384. The van der Waals surface area contributed by atoms with Gasteiger partial charge < -0.3 is 5.32 Å². The van der Waals surface area contributed by atoms with E-state index >= 15 is 0 Å². The largest absolute Gasteiger partial charge is 0.312 e. The van der Waals surface area contributed by atoms with E-state index in [2.05, 4.69) is 20.5 Å². The van der Waals surface area contributed by atoms with Crippen molar-refractivity contribution in [3.8, 4) is 0 Å². The summed E-state index contributed by atoms with van der Waals surface area (Å²) in [4.78, 5) is 2.57. The molecule has 0 radical (unpaired) electrons. The molecular weight excluding hydrogens is 226 g/mol. The summed E-state index contributed by atoms with van der Waals surface area (Å²) < 4.78 is 1.79. The van der Waals surface area contributed by atoms with Crippen LogP contribution >= 0.6 is 0 Å². The lowest BCUT2D eigenvalue weighted by molar-refractivity contribution is 0.135. The highest BCUT2D eigenvalue weighted by molar-refractivity contribution is 4.94. The number of nitrogens with one attached hydrogen (secondary N) is 1. The Hall–Kier alpha value is -0.940. The molecule has 1 aliphatic heterocycles. The molecule has 1 N–H and O–H groups in total. The van der Waals surface area contributed by atoms with Gasteiger partial charge in [-0.15, -0.1) is 5.10 Å². The molecule has 18 heavy (non-hydrogen) atoms. The van der Waals surface area contributed by atoms with Crippen LogP contribution in [0.25, 0.3) is 0 Å². The number of piperidine rings is 1. The molecule has 1 saturated carbocycles. The van der Waals surface area contributed by atoms with E-state index in [9.17, 15) is 0 Å². The van der Waals surface area contributed by atoms with E-state index in [1.165, 1.54) is 38.6 Å². The fraction of sp³-hybridized carbons (Fsp3) is 0.846. The zero-order chi connectivity index (χ0) is 12.4. The van der Waals surface area contributed by atoms with Crippen LogP contribution in [0.5, 0.6) is 0 Å². The Labute approximate surface area is 109 Å². The first-order chi connectivity index (χ1) is 8.81. The quantitative estimate of drug-likeness (QED) is 0.843. The first kappa shape index (κ1) is 12.1. The van der Waals surface area contributed by atoms with Gasteiger partial charge in [0.05, 0.1) is 5.69 Å². The van der Waals surface area contributed by atoms with E-state index in [-0.39, 0.29) is 0 Å². The zero-order valence-corrected chi connectivity index (χ0v) is 11.2. The third kappa shape index (κ3) is 3.09. The van der Waals surface area contributed by atoms with Crippen LogP contribution in [-0.2, 0) is 13.6 Å². The van der Waals surface area contributed by atoms with Gasteiger partial charge in [-0.1, -0.05) is 11.6 Å². The number of aromatic nitrogens is 3. The summed E-state index contributed by atoms with van der Waals surface area (Å²) in [7, 11) is 1.93. The van der Waals surface area contributed by atoms with E-state index in [0.29, 0.717) is 6.04 Å². The zero-order valence-electron chi connectivity index (χ0n) is 11.2. The van der Waals surface area contributed by atoms with Gasteiger partial charge in [0.25, 0.3) is 0 Å². The Morgan fingerprint density at radius 2 is 2.22 bits per heavy atom. The number of rotatable bonds is 5. The molecule has 1 aliphatic carbocycles. The monoisotopic (exact) mass is 249 g/mol. The third-order valence-electron chi connectivity index (χ3n) is 3.98. The average Bonchev–Trinajstić information content (AvgIpc) is 3.12. The van der Waals surface area contributed by atoms with Gasteiger partial charge in [0, 0.05) is 38.4 Å². The minimum atomic E-state index is 0.682. The molecule has 5 nitrogen and oxygen atoms in total. The van der Waals surface area contributed by atoms with Gasteiger partial charge in [0.15, 0.2) is 0 Å². The molecule has 0 aromatic carbocycles. The van der Waals surface area contributed by atoms with Crippen LogP contribution in [0.2, 0.25) is 0 Å². The van der Waals surface area contributed by atoms with Crippen molar-refractivity contribution < 1.29 is 0 Å². The van der Waals surface area contributed by atoms with Crippen molar-refractivity contribution in [2.75, 3.05) is 13.1 Å². The molecule has 0 bridgehead atoms. The first-order valence-corrected chi connectivity index (χ1v) is 7.14. The molecule has 2 fully saturated rings. The van der Waals surface area contributed by atoms with Crippen molar-refractivity contribution in [2.45, 2.75) is 50.7 Å². The molecule has 2 aliphatic rings. The molecule has 5 heteroatoms. The summed E-state index contributed by atoms with van der Waals surface area (Å²) in [6, 6.07) is 1.49. The lowest BCUT2D eigenvalue weighted by Crippen LogP contribution is -2.45. The highest BCUT2D eigenvalue weighted by atomic mass is 15.4. The SMILES string of the molecule is Cn1cc(CN2CCCCC2CNC2CC2)nn1. The summed E-state index contributed by atoms with van der Waals surface area (Å²) >= 11 is 0. The minimum absolute atomic E-state index is 0.682. The minimum Gasteiger partial charge on any atom is -0.312 e. The Morgan fingerprint density at radius 1 is 1.33 bits per heavy atom. The fourth-order valence-corrected chi connectivity index (χ4v) is 2.77. The lowest BCUT2D eigenvalue weighted by atomic mass is 10.0. The van der Waals surface area contributed by atoms with Gasteiger partial charge >= 0.3 is 0 Å². The third-order valence-corrected chi connectivity index (χ3v) is 3.98. The second kappa shape index (κ2) is 5.36. The average molecular weight is 249 g/mol. The van der Waals surface area contributed by atoms with Crippen molar-refractivity contribution in [1.82, 2.24) is 25.2 Å². The number of aryl methyl sites for hydroxylation is 1. The van der Waals surface area contributed by atoms with E-state index in [1.807, 2.05) is 13.2 Å². The van der Waals surface area contributed by atoms with E-state index in [1.54, 1.807) is 4.68 Å². The Kier molecular flexibility index (Phi) is 3.61. The van der Waals surface area contributed by atoms with Gasteiger partial charge in [-0.25, -0.2) is 0 Å². The van der Waals surface area contributed by atoms with Crippen LogP contribution in [0.4, 0.5) is 0 Å². The Balaban J connectivity index is 1.56. The summed E-state index contributed by atoms with van der Waals surface area (Å²) in [5.41, 5.74) is 1.09. The van der Waals surface area contributed by atoms with Crippen LogP contribution in [0.1, 0.15) is 37.8 Å². The number of hydrogen-bond donors (Lipinski definition) is 1. The standard InChI is InChI=1S/C13H23N5/c1-17-9-12(15-16-17)10-18-7-3-2-4-13(18)8-14-11-5-6-11/h9,11,13-14H,2-8,10H2,1H3. The number of nitrogens with zero attached hydrogens (tertiary/aromatic N) is 4. The molecule has 0 spiro atoms. The number of likely N-dealkylation sites (tertiary alicyclic amines) is 1. The van der Waals surface area contributed by atoms with Gasteiger partial charge in [0.1, 0.15) is 0 Å². The summed E-state index contributed by atoms with van der Waals surface area (Å²) in [6.45, 7) is 3.30. The van der Waals surface area contributed by atoms with Crippen LogP contribution in [0.15, 0.2) is 6.20 Å². The summed E-state index contributed by atoms with van der Waals surface area (Å²) in [6.07, 6.45) is 8.78. The molecule has 1 aromatic heterocycles. The summed E-state index contributed by atoms with van der Waals surface area (Å²) in [5.74, 6) is 0. The van der Waals surface area contributed by atoms with Gasteiger partial charge in [-0.05, 0) is 32.2 Å². The molecule has 2 heterocycles. The topological polar surface area (TPSA) is 46.0 Å². The Morgan fingerprint density at radius 3 is 2.94 bits per heavy atom. The molecule has 1 unspecified atom stereocenters. The van der Waals surface area contributed by atoms with Crippen LogP contribution in [-0.4, -0.2) is 45.1 Å². The smallest absolute Gasteiger partial charge is 0.0967 e. The van der Waals surface area contributed by atoms with E-state index in [4.69, 9.17) is 0 Å². The van der Waals surface area contributed by atoms with Crippen molar-refractivity contribution >= 4 is 0 Å². The maximum absolute atomic E-state index is 4.20.